The van der Waals surface area contributed by atoms with Crippen molar-refractivity contribution in [3.8, 4) is 11.1 Å². The van der Waals surface area contributed by atoms with E-state index in [1.54, 1.807) is 0 Å². The highest BCUT2D eigenvalue weighted by Gasteiger charge is 2.02. The molecule has 0 N–H and O–H groups in total. The van der Waals surface area contributed by atoms with Crippen LogP contribution >= 0.6 is 0 Å². The minimum atomic E-state index is 0.839. The fourth-order valence-corrected chi connectivity index (χ4v) is 1.83. The Morgan fingerprint density at radius 3 is 2.40 bits per heavy atom. The van der Waals surface area contributed by atoms with Crippen molar-refractivity contribution in [2.24, 2.45) is 0 Å². The predicted molar refractivity (Wildman–Crippen MR) is 65.7 cm³/mol. The summed E-state index contributed by atoms with van der Waals surface area (Å²) in [6, 6.07) is 17.0. The Bertz CT molecular complexity index is 441. The summed E-state index contributed by atoms with van der Waals surface area (Å²) in [5.41, 5.74) is 5.20. The second-order valence-corrected chi connectivity index (χ2v) is 3.78. The summed E-state index contributed by atoms with van der Waals surface area (Å²) in [5, 5.41) is 0. The maximum Gasteiger partial charge on any atom is -0.0152 e. The van der Waals surface area contributed by atoms with E-state index < -0.39 is 0 Å². The molecule has 0 nitrogen and oxygen atoms in total. The van der Waals surface area contributed by atoms with Gasteiger partial charge in [0.2, 0.25) is 0 Å². The van der Waals surface area contributed by atoms with Crippen LogP contribution in [0.4, 0.5) is 0 Å². The van der Waals surface area contributed by atoms with Crippen molar-refractivity contribution in [2.75, 3.05) is 0 Å². The van der Waals surface area contributed by atoms with Crippen molar-refractivity contribution in [3.63, 3.8) is 0 Å². The van der Waals surface area contributed by atoms with E-state index in [1.807, 2.05) is 6.07 Å². The van der Waals surface area contributed by atoms with E-state index in [1.165, 1.54) is 22.3 Å². The molecule has 75 valence electrons. The van der Waals surface area contributed by atoms with Crippen LogP contribution in [0.5, 0.6) is 0 Å². The van der Waals surface area contributed by atoms with Crippen LogP contribution in [0.1, 0.15) is 11.1 Å². The fraction of sp³-hybridized carbons (Fsp3) is 0.133. The zero-order chi connectivity index (χ0) is 10.7. The normalized spacial score (nSPS) is 10.3. The molecule has 15 heavy (non-hydrogen) atoms. The predicted octanol–water partition coefficient (Wildman–Crippen LogP) is 4.04. The summed E-state index contributed by atoms with van der Waals surface area (Å²) in [7, 11) is 0. The van der Waals surface area contributed by atoms with Gasteiger partial charge >= 0.3 is 0 Å². The molecule has 0 spiro atoms. The standard InChI is InChI=1S/C15H15/c1-3-13-11-12(2)9-10-15(13)14-7-5-4-6-8-14/h4-11H,1,3H2,2H3. The molecule has 0 saturated carbocycles. The van der Waals surface area contributed by atoms with Crippen molar-refractivity contribution in [3.05, 3.63) is 66.6 Å². The van der Waals surface area contributed by atoms with E-state index in [2.05, 4.69) is 56.3 Å². The van der Waals surface area contributed by atoms with E-state index in [9.17, 15) is 0 Å². The first kappa shape index (κ1) is 9.97. The molecule has 0 aliphatic heterocycles. The lowest BCUT2D eigenvalue weighted by Crippen LogP contribution is -1.88. The Balaban J connectivity index is 2.53. The van der Waals surface area contributed by atoms with Gasteiger partial charge in [-0.25, -0.2) is 0 Å². The van der Waals surface area contributed by atoms with Crippen LogP contribution in [0.3, 0.4) is 0 Å². The molecule has 0 heterocycles. The maximum absolute atomic E-state index is 3.98. The van der Waals surface area contributed by atoms with Crippen LogP contribution in [-0.4, -0.2) is 0 Å². The minimum Gasteiger partial charge on any atom is -0.0622 e. The van der Waals surface area contributed by atoms with Gasteiger partial charge in [-0.15, -0.1) is 0 Å². The van der Waals surface area contributed by atoms with Gasteiger partial charge in [-0.2, -0.15) is 0 Å². The Hall–Kier alpha value is -1.56. The zero-order valence-corrected chi connectivity index (χ0v) is 9.03. The van der Waals surface area contributed by atoms with Gasteiger partial charge in [0.1, 0.15) is 0 Å². The summed E-state index contributed by atoms with van der Waals surface area (Å²) in [6.45, 7) is 6.10. The van der Waals surface area contributed by atoms with Gasteiger partial charge in [0.25, 0.3) is 0 Å². The average Bonchev–Trinajstić information content (AvgIpc) is 2.30. The molecule has 0 heteroatoms. The monoisotopic (exact) mass is 195 g/mol. The summed E-state index contributed by atoms with van der Waals surface area (Å²) in [6.07, 6.45) is 0.839. The molecule has 0 unspecified atom stereocenters. The van der Waals surface area contributed by atoms with E-state index >= 15 is 0 Å². The van der Waals surface area contributed by atoms with Crippen LogP contribution in [-0.2, 0) is 6.42 Å². The molecule has 0 bridgehead atoms. The van der Waals surface area contributed by atoms with E-state index in [0.717, 1.165) is 6.42 Å². The van der Waals surface area contributed by atoms with Crippen molar-refractivity contribution in [2.45, 2.75) is 13.3 Å². The first-order chi connectivity index (χ1) is 7.31. The first-order valence-electron chi connectivity index (χ1n) is 5.25. The SMILES string of the molecule is [CH2]Cc1cc(C)ccc1-c1ccccc1. The van der Waals surface area contributed by atoms with Crippen LogP contribution in [0.15, 0.2) is 48.5 Å². The second kappa shape index (κ2) is 4.31. The number of benzene rings is 2. The Kier molecular flexibility index (Phi) is 2.86. The van der Waals surface area contributed by atoms with Crippen LogP contribution in [0.25, 0.3) is 11.1 Å². The van der Waals surface area contributed by atoms with Gasteiger partial charge in [0, 0.05) is 0 Å². The van der Waals surface area contributed by atoms with Gasteiger partial charge < -0.3 is 0 Å². The van der Waals surface area contributed by atoms with Crippen LogP contribution in [0, 0.1) is 13.8 Å². The highest BCUT2D eigenvalue weighted by atomic mass is 14.1. The Morgan fingerprint density at radius 2 is 1.73 bits per heavy atom. The molecule has 0 aliphatic carbocycles. The molecule has 1 radical (unpaired) electrons. The quantitative estimate of drug-likeness (QED) is 0.678. The smallest absolute Gasteiger partial charge is 0.0152 e. The lowest BCUT2D eigenvalue weighted by atomic mass is 9.96. The molecule has 2 aromatic carbocycles. The van der Waals surface area contributed by atoms with Gasteiger partial charge in [-0.3, -0.25) is 0 Å². The van der Waals surface area contributed by atoms with Gasteiger partial charge in [0.15, 0.2) is 0 Å². The number of aryl methyl sites for hydroxylation is 1. The van der Waals surface area contributed by atoms with Gasteiger partial charge in [-0.05, 0) is 37.0 Å². The molecule has 2 aromatic rings. The lowest BCUT2D eigenvalue weighted by molar-refractivity contribution is 1.25. The van der Waals surface area contributed by atoms with Crippen molar-refractivity contribution < 1.29 is 0 Å². The van der Waals surface area contributed by atoms with Gasteiger partial charge in [-0.1, -0.05) is 54.1 Å². The van der Waals surface area contributed by atoms with E-state index in [-0.39, 0.29) is 0 Å². The van der Waals surface area contributed by atoms with Crippen molar-refractivity contribution >= 4 is 0 Å². The Labute approximate surface area is 91.6 Å². The molecule has 0 aromatic heterocycles. The van der Waals surface area contributed by atoms with E-state index in [4.69, 9.17) is 0 Å². The molecular weight excluding hydrogens is 180 g/mol. The van der Waals surface area contributed by atoms with E-state index in [0.29, 0.717) is 0 Å². The van der Waals surface area contributed by atoms with Crippen molar-refractivity contribution in [1.29, 1.82) is 0 Å². The largest absolute Gasteiger partial charge is 0.0622 e. The Morgan fingerprint density at radius 1 is 1.00 bits per heavy atom. The molecule has 0 atom stereocenters. The van der Waals surface area contributed by atoms with Crippen LogP contribution in [0.2, 0.25) is 0 Å². The van der Waals surface area contributed by atoms with Crippen molar-refractivity contribution in [1.82, 2.24) is 0 Å². The molecule has 0 aliphatic rings. The summed E-state index contributed by atoms with van der Waals surface area (Å²) >= 11 is 0. The first-order valence-corrected chi connectivity index (χ1v) is 5.25. The lowest BCUT2D eigenvalue weighted by Gasteiger charge is -2.08. The maximum atomic E-state index is 3.98. The highest BCUT2D eigenvalue weighted by molar-refractivity contribution is 5.67. The third kappa shape index (κ3) is 2.10. The molecule has 2 rings (SSSR count). The average molecular weight is 195 g/mol. The summed E-state index contributed by atoms with van der Waals surface area (Å²) in [5.74, 6) is 0. The number of hydrogen-bond donors (Lipinski definition) is 0. The number of rotatable bonds is 2. The summed E-state index contributed by atoms with van der Waals surface area (Å²) in [4.78, 5) is 0. The molecular formula is C15H15. The fourth-order valence-electron chi connectivity index (χ4n) is 1.83. The van der Waals surface area contributed by atoms with Gasteiger partial charge in [0.05, 0.1) is 0 Å². The third-order valence-corrected chi connectivity index (χ3v) is 2.61. The van der Waals surface area contributed by atoms with Crippen LogP contribution < -0.4 is 0 Å². The molecule has 0 amide bonds. The summed E-state index contributed by atoms with van der Waals surface area (Å²) < 4.78 is 0. The third-order valence-electron chi connectivity index (χ3n) is 2.61. The molecule has 0 fully saturated rings. The zero-order valence-electron chi connectivity index (χ0n) is 9.03. The number of hydrogen-bond acceptors (Lipinski definition) is 0. The highest BCUT2D eigenvalue weighted by Crippen LogP contribution is 2.24. The minimum absolute atomic E-state index is 0.839. The topological polar surface area (TPSA) is 0 Å². The second-order valence-electron chi connectivity index (χ2n) is 3.78. The molecule has 0 saturated heterocycles.